The average Bonchev–Trinajstić information content (AvgIpc) is 2.65. The zero-order valence-corrected chi connectivity index (χ0v) is 15.8. The molecule has 1 amide bonds. The van der Waals surface area contributed by atoms with Gasteiger partial charge in [-0.1, -0.05) is 0 Å². The minimum Gasteiger partial charge on any atom is -0.348 e. The summed E-state index contributed by atoms with van der Waals surface area (Å²) in [4.78, 5) is 12.3. The molecule has 27 heavy (non-hydrogen) atoms. The Balaban J connectivity index is 1.67. The maximum Gasteiger partial charge on any atom is 0.261 e. The zero-order valence-electron chi connectivity index (χ0n) is 15.0. The number of aryl methyl sites for hydroxylation is 1. The first-order valence-corrected chi connectivity index (χ1v) is 10.2. The largest absolute Gasteiger partial charge is 0.348 e. The first-order chi connectivity index (χ1) is 12.8. The smallest absolute Gasteiger partial charge is 0.261 e. The maximum atomic E-state index is 13.3. The molecule has 0 bridgehead atoms. The Hall–Kier alpha value is -2.45. The Morgan fingerprint density at radius 1 is 1.19 bits per heavy atom. The van der Waals surface area contributed by atoms with E-state index in [0.717, 1.165) is 32.0 Å². The fourth-order valence-corrected chi connectivity index (χ4v) is 4.08. The van der Waals surface area contributed by atoms with E-state index >= 15 is 0 Å². The van der Waals surface area contributed by atoms with Crippen LogP contribution in [-0.2, 0) is 10.0 Å². The van der Waals surface area contributed by atoms with Gasteiger partial charge in [-0.3, -0.25) is 9.52 Å². The first-order valence-electron chi connectivity index (χ1n) is 8.76. The van der Waals surface area contributed by atoms with Crippen LogP contribution in [-0.4, -0.2) is 33.5 Å². The van der Waals surface area contributed by atoms with Crippen molar-refractivity contribution in [3.63, 3.8) is 0 Å². The van der Waals surface area contributed by atoms with Crippen molar-refractivity contribution in [3.05, 3.63) is 59.4 Å². The number of amides is 1. The van der Waals surface area contributed by atoms with Crippen LogP contribution < -0.4 is 15.4 Å². The Morgan fingerprint density at radius 2 is 1.93 bits per heavy atom. The highest BCUT2D eigenvalue weighted by molar-refractivity contribution is 7.92. The molecule has 0 radical (unpaired) electrons. The van der Waals surface area contributed by atoms with Crippen LogP contribution in [0.15, 0.2) is 47.4 Å². The molecule has 0 aliphatic carbocycles. The normalized spacial score (nSPS) is 17.3. The van der Waals surface area contributed by atoms with Crippen LogP contribution in [0.3, 0.4) is 0 Å². The summed E-state index contributed by atoms with van der Waals surface area (Å²) in [5.41, 5.74) is 1.04. The lowest BCUT2D eigenvalue weighted by molar-refractivity contribution is 0.0930. The molecule has 1 heterocycles. The number of nitrogens with one attached hydrogen (secondary N) is 3. The highest BCUT2D eigenvalue weighted by Crippen LogP contribution is 2.19. The van der Waals surface area contributed by atoms with Gasteiger partial charge in [0.15, 0.2) is 0 Å². The van der Waals surface area contributed by atoms with Crippen LogP contribution in [0.5, 0.6) is 0 Å². The highest BCUT2D eigenvalue weighted by atomic mass is 32.2. The van der Waals surface area contributed by atoms with E-state index in [1.54, 1.807) is 12.1 Å². The van der Waals surface area contributed by atoms with E-state index in [1.165, 1.54) is 31.2 Å². The van der Waals surface area contributed by atoms with E-state index in [9.17, 15) is 17.6 Å². The van der Waals surface area contributed by atoms with Gasteiger partial charge in [0.1, 0.15) is 5.82 Å². The number of piperidine rings is 1. The van der Waals surface area contributed by atoms with Crippen molar-refractivity contribution < 1.29 is 17.6 Å². The number of rotatable bonds is 5. The number of halogens is 1. The molecule has 0 aromatic heterocycles. The Labute approximate surface area is 158 Å². The van der Waals surface area contributed by atoms with Gasteiger partial charge in [0.2, 0.25) is 0 Å². The zero-order chi connectivity index (χ0) is 19.4. The van der Waals surface area contributed by atoms with Crippen LogP contribution in [0, 0.1) is 12.7 Å². The van der Waals surface area contributed by atoms with Gasteiger partial charge in [0.25, 0.3) is 15.9 Å². The van der Waals surface area contributed by atoms with E-state index in [1.807, 2.05) is 0 Å². The predicted molar refractivity (Wildman–Crippen MR) is 102 cm³/mol. The van der Waals surface area contributed by atoms with Crippen LogP contribution in [0.4, 0.5) is 10.1 Å². The molecule has 2 aromatic carbocycles. The summed E-state index contributed by atoms with van der Waals surface area (Å²) in [7, 11) is -3.83. The van der Waals surface area contributed by atoms with Gasteiger partial charge in [-0.15, -0.1) is 0 Å². The van der Waals surface area contributed by atoms with Crippen LogP contribution in [0.2, 0.25) is 0 Å². The SMILES string of the molecule is Cc1cc(S(=O)(=O)Nc2ccc(C(=O)N[C@H]3CCCNC3)cc2)ccc1F. The van der Waals surface area contributed by atoms with Crippen molar-refractivity contribution in [2.24, 2.45) is 0 Å². The van der Waals surface area contributed by atoms with E-state index in [0.29, 0.717) is 11.3 Å². The van der Waals surface area contributed by atoms with Gasteiger partial charge in [-0.2, -0.15) is 0 Å². The Kier molecular flexibility index (Phi) is 5.76. The molecule has 0 unspecified atom stereocenters. The van der Waals surface area contributed by atoms with Gasteiger partial charge in [-0.05, 0) is 74.3 Å². The van der Waals surface area contributed by atoms with Crippen molar-refractivity contribution in [2.45, 2.75) is 30.7 Å². The minimum atomic E-state index is -3.83. The second-order valence-electron chi connectivity index (χ2n) is 6.61. The molecule has 3 N–H and O–H groups in total. The van der Waals surface area contributed by atoms with E-state index in [4.69, 9.17) is 0 Å². The summed E-state index contributed by atoms with van der Waals surface area (Å²) in [6.07, 6.45) is 1.96. The van der Waals surface area contributed by atoms with Gasteiger partial charge in [-0.25, -0.2) is 12.8 Å². The summed E-state index contributed by atoms with van der Waals surface area (Å²) in [5.74, 6) is -0.648. The molecule has 1 aliphatic heterocycles. The lowest BCUT2D eigenvalue weighted by Crippen LogP contribution is -2.45. The Bertz CT molecular complexity index is 924. The van der Waals surface area contributed by atoms with Gasteiger partial charge in [0.05, 0.1) is 4.90 Å². The average molecular weight is 391 g/mol. The van der Waals surface area contributed by atoms with E-state index < -0.39 is 15.8 Å². The summed E-state index contributed by atoms with van der Waals surface area (Å²) in [5, 5.41) is 6.20. The van der Waals surface area contributed by atoms with Gasteiger partial charge >= 0.3 is 0 Å². The van der Waals surface area contributed by atoms with Gasteiger partial charge < -0.3 is 10.6 Å². The van der Waals surface area contributed by atoms with E-state index in [2.05, 4.69) is 15.4 Å². The number of hydrogen-bond donors (Lipinski definition) is 3. The van der Waals surface area contributed by atoms with Crippen molar-refractivity contribution >= 4 is 21.6 Å². The second kappa shape index (κ2) is 8.06. The number of anilines is 1. The molecular weight excluding hydrogens is 369 g/mol. The van der Waals surface area contributed by atoms with Crippen molar-refractivity contribution in [3.8, 4) is 0 Å². The quantitative estimate of drug-likeness (QED) is 0.731. The van der Waals surface area contributed by atoms with Crippen LogP contribution >= 0.6 is 0 Å². The Morgan fingerprint density at radius 3 is 2.56 bits per heavy atom. The number of benzene rings is 2. The monoisotopic (exact) mass is 391 g/mol. The standard InChI is InChI=1S/C19H22FN3O3S/c1-13-11-17(8-9-18(13)20)27(25,26)23-15-6-4-14(5-7-15)19(24)22-16-3-2-10-21-12-16/h4-9,11,16,21,23H,2-3,10,12H2,1H3,(H,22,24)/t16-/m0/s1. The van der Waals surface area contributed by atoms with E-state index in [-0.39, 0.29) is 22.4 Å². The number of carbonyl (C=O) groups excluding carboxylic acids is 1. The molecular formula is C19H22FN3O3S. The minimum absolute atomic E-state index is 0.0204. The van der Waals surface area contributed by atoms with Crippen molar-refractivity contribution in [2.75, 3.05) is 17.8 Å². The summed E-state index contributed by atoms with van der Waals surface area (Å²) >= 11 is 0. The highest BCUT2D eigenvalue weighted by Gasteiger charge is 2.18. The summed E-state index contributed by atoms with van der Waals surface area (Å²) in [6, 6.07) is 9.91. The number of sulfonamides is 1. The molecule has 1 fully saturated rings. The third-order valence-corrected chi connectivity index (χ3v) is 5.85. The molecule has 8 heteroatoms. The van der Waals surface area contributed by atoms with Crippen LogP contribution in [0.1, 0.15) is 28.8 Å². The molecule has 0 spiro atoms. The molecule has 1 saturated heterocycles. The molecule has 2 aromatic rings. The van der Waals surface area contributed by atoms with Crippen molar-refractivity contribution in [1.29, 1.82) is 0 Å². The molecule has 1 atom stereocenters. The fraction of sp³-hybridized carbons (Fsp3) is 0.316. The first kappa shape index (κ1) is 19.3. The maximum absolute atomic E-state index is 13.3. The topological polar surface area (TPSA) is 87.3 Å². The summed E-state index contributed by atoms with van der Waals surface area (Å²) < 4.78 is 40.6. The fourth-order valence-electron chi connectivity index (χ4n) is 2.93. The molecule has 6 nitrogen and oxygen atoms in total. The molecule has 144 valence electrons. The number of hydrogen-bond acceptors (Lipinski definition) is 4. The van der Waals surface area contributed by atoms with Gasteiger partial charge in [0, 0.05) is 23.8 Å². The molecule has 1 aliphatic rings. The third kappa shape index (κ3) is 4.84. The third-order valence-electron chi connectivity index (χ3n) is 4.47. The molecule has 0 saturated carbocycles. The molecule has 3 rings (SSSR count). The number of carbonyl (C=O) groups is 1. The lowest BCUT2D eigenvalue weighted by atomic mass is 10.1. The predicted octanol–water partition coefficient (Wildman–Crippen LogP) is 2.42. The summed E-state index contributed by atoms with van der Waals surface area (Å²) in [6.45, 7) is 3.22. The van der Waals surface area contributed by atoms with Crippen LogP contribution in [0.25, 0.3) is 0 Å². The second-order valence-corrected chi connectivity index (χ2v) is 8.29. The van der Waals surface area contributed by atoms with Crippen molar-refractivity contribution in [1.82, 2.24) is 10.6 Å². The lowest BCUT2D eigenvalue weighted by Gasteiger charge is -2.23.